The average Bonchev–Trinajstić information content (AvgIpc) is 2.83. The first-order valence-corrected chi connectivity index (χ1v) is 7.05. The van der Waals surface area contributed by atoms with E-state index in [1.54, 1.807) is 20.0 Å². The van der Waals surface area contributed by atoms with Gasteiger partial charge >= 0.3 is 0 Å². The summed E-state index contributed by atoms with van der Waals surface area (Å²) in [7, 11) is 1.62. The molecule has 1 aromatic carbocycles. The second-order valence-corrected chi connectivity index (χ2v) is 5.91. The lowest BCUT2D eigenvalue weighted by molar-refractivity contribution is -0.384. The molecular weight excluding hydrogens is 272 g/mol. The van der Waals surface area contributed by atoms with Crippen LogP contribution in [-0.2, 0) is 0 Å². The van der Waals surface area contributed by atoms with E-state index in [0.29, 0.717) is 18.4 Å². The van der Waals surface area contributed by atoms with E-state index in [-0.39, 0.29) is 23.7 Å². The molecule has 0 atom stereocenters. The Balaban J connectivity index is 2.17. The van der Waals surface area contributed by atoms with Crippen LogP contribution in [0.15, 0.2) is 18.2 Å². The number of aliphatic hydroxyl groups is 1. The highest BCUT2D eigenvalue weighted by Crippen LogP contribution is 2.30. The minimum absolute atomic E-state index is 0.0914. The summed E-state index contributed by atoms with van der Waals surface area (Å²) in [6.07, 6.45) is 3.32. The number of carbonyl (C=O) groups is 1. The maximum Gasteiger partial charge on any atom is 0.270 e. The van der Waals surface area contributed by atoms with Gasteiger partial charge in [0.15, 0.2) is 0 Å². The van der Waals surface area contributed by atoms with Gasteiger partial charge in [0.2, 0.25) is 0 Å². The summed E-state index contributed by atoms with van der Waals surface area (Å²) in [4.78, 5) is 24.2. The first kappa shape index (κ1) is 15.4. The maximum absolute atomic E-state index is 12.4. The molecule has 1 aromatic rings. The zero-order valence-corrected chi connectivity index (χ0v) is 12.3. The third-order valence-electron chi connectivity index (χ3n) is 3.93. The predicted octanol–water partition coefficient (Wildman–Crippen LogP) is 2.28. The number of carbonyl (C=O) groups excluding carboxylic acids is 1. The number of hydrogen-bond donors (Lipinski definition) is 1. The highest BCUT2D eigenvalue weighted by Gasteiger charge is 2.33. The van der Waals surface area contributed by atoms with Crippen LogP contribution in [0, 0.1) is 17.0 Å². The molecule has 0 radical (unpaired) electrons. The van der Waals surface area contributed by atoms with Gasteiger partial charge in [0.1, 0.15) is 0 Å². The Morgan fingerprint density at radius 3 is 2.57 bits per heavy atom. The first-order valence-electron chi connectivity index (χ1n) is 7.05. The number of likely N-dealkylation sites (N-methyl/N-ethyl adjacent to an activating group) is 1. The van der Waals surface area contributed by atoms with E-state index in [1.165, 1.54) is 17.0 Å². The van der Waals surface area contributed by atoms with E-state index in [0.717, 1.165) is 12.8 Å². The highest BCUT2D eigenvalue weighted by molar-refractivity contribution is 5.95. The first-order chi connectivity index (χ1) is 9.81. The third kappa shape index (κ3) is 3.58. The van der Waals surface area contributed by atoms with Crippen molar-refractivity contribution in [3.8, 4) is 0 Å². The Morgan fingerprint density at radius 2 is 2.00 bits per heavy atom. The van der Waals surface area contributed by atoms with Crippen LogP contribution >= 0.6 is 0 Å². The topological polar surface area (TPSA) is 83.7 Å². The maximum atomic E-state index is 12.4. The van der Waals surface area contributed by atoms with E-state index >= 15 is 0 Å². The lowest BCUT2D eigenvalue weighted by Crippen LogP contribution is -2.42. The Kier molecular flexibility index (Phi) is 4.27. The standard InChI is InChI=1S/C15H20N2O4/c1-11-7-12(9-13(8-11)17(20)21)14(18)16(2)10-15(19)5-3-4-6-15/h7-9,19H,3-6,10H2,1-2H3. The normalized spacial score (nSPS) is 16.7. The number of rotatable bonds is 4. The van der Waals surface area contributed by atoms with Gasteiger partial charge in [0.25, 0.3) is 11.6 Å². The van der Waals surface area contributed by atoms with Gasteiger partial charge in [-0.2, -0.15) is 0 Å². The molecule has 0 bridgehead atoms. The summed E-state index contributed by atoms with van der Waals surface area (Å²) in [5, 5.41) is 21.2. The van der Waals surface area contributed by atoms with Gasteiger partial charge in [-0.25, -0.2) is 0 Å². The Hall–Kier alpha value is -1.95. The molecule has 0 aromatic heterocycles. The minimum Gasteiger partial charge on any atom is -0.388 e. The smallest absolute Gasteiger partial charge is 0.270 e. The van der Waals surface area contributed by atoms with Crippen LogP contribution < -0.4 is 0 Å². The Bertz CT molecular complexity index is 565. The van der Waals surface area contributed by atoms with Crippen molar-refractivity contribution in [2.24, 2.45) is 0 Å². The highest BCUT2D eigenvalue weighted by atomic mass is 16.6. The molecule has 0 unspecified atom stereocenters. The lowest BCUT2D eigenvalue weighted by atomic mass is 10.0. The molecule has 2 rings (SSSR count). The van der Waals surface area contributed by atoms with E-state index in [4.69, 9.17) is 0 Å². The number of aryl methyl sites for hydroxylation is 1. The number of benzene rings is 1. The number of amides is 1. The van der Waals surface area contributed by atoms with Crippen LogP contribution in [0.4, 0.5) is 5.69 Å². The van der Waals surface area contributed by atoms with E-state index in [1.807, 2.05) is 0 Å². The summed E-state index contributed by atoms with van der Waals surface area (Å²) in [6.45, 7) is 1.97. The molecule has 1 amide bonds. The second kappa shape index (κ2) is 5.81. The Labute approximate surface area is 123 Å². The number of nitro groups is 1. The second-order valence-electron chi connectivity index (χ2n) is 5.91. The van der Waals surface area contributed by atoms with Crippen LogP contribution in [0.3, 0.4) is 0 Å². The molecule has 21 heavy (non-hydrogen) atoms. The monoisotopic (exact) mass is 292 g/mol. The number of hydrogen-bond acceptors (Lipinski definition) is 4. The van der Waals surface area contributed by atoms with Gasteiger partial charge in [0, 0.05) is 31.3 Å². The molecule has 1 aliphatic carbocycles. The lowest BCUT2D eigenvalue weighted by Gasteiger charge is -2.28. The van der Waals surface area contributed by atoms with Crippen LogP contribution in [0.25, 0.3) is 0 Å². The molecule has 0 spiro atoms. The molecule has 0 heterocycles. The molecule has 0 saturated heterocycles. The largest absolute Gasteiger partial charge is 0.388 e. The van der Waals surface area contributed by atoms with Gasteiger partial charge in [-0.1, -0.05) is 12.8 Å². The van der Waals surface area contributed by atoms with Crippen molar-refractivity contribution in [3.63, 3.8) is 0 Å². The van der Waals surface area contributed by atoms with Crippen molar-refractivity contribution in [1.82, 2.24) is 4.90 Å². The number of nitrogens with zero attached hydrogens (tertiary/aromatic N) is 2. The fourth-order valence-corrected chi connectivity index (χ4v) is 2.92. The van der Waals surface area contributed by atoms with Crippen molar-refractivity contribution < 1.29 is 14.8 Å². The number of nitro benzene ring substituents is 1. The number of non-ortho nitro benzene ring substituents is 1. The molecule has 6 heteroatoms. The fraction of sp³-hybridized carbons (Fsp3) is 0.533. The summed E-state index contributed by atoms with van der Waals surface area (Å²) in [6, 6.07) is 4.34. The van der Waals surface area contributed by atoms with E-state index in [9.17, 15) is 20.0 Å². The van der Waals surface area contributed by atoms with Crippen LogP contribution in [0.5, 0.6) is 0 Å². The molecule has 6 nitrogen and oxygen atoms in total. The molecule has 1 aliphatic rings. The van der Waals surface area contributed by atoms with Crippen molar-refractivity contribution in [1.29, 1.82) is 0 Å². The van der Waals surface area contributed by atoms with Gasteiger partial charge in [-0.05, 0) is 31.4 Å². The van der Waals surface area contributed by atoms with Crippen LogP contribution in [0.2, 0.25) is 0 Å². The summed E-state index contributed by atoms with van der Waals surface area (Å²) in [5.41, 5.74) is 0.0397. The van der Waals surface area contributed by atoms with Gasteiger partial charge in [-0.15, -0.1) is 0 Å². The zero-order chi connectivity index (χ0) is 15.6. The molecule has 1 saturated carbocycles. The predicted molar refractivity (Wildman–Crippen MR) is 78.2 cm³/mol. The molecule has 1 fully saturated rings. The summed E-state index contributed by atoms with van der Waals surface area (Å²) < 4.78 is 0. The molecule has 1 N–H and O–H groups in total. The molecular formula is C15H20N2O4. The SMILES string of the molecule is Cc1cc(C(=O)N(C)CC2(O)CCCC2)cc([N+](=O)[O-])c1. The van der Waals surface area contributed by atoms with Crippen molar-refractivity contribution in [2.75, 3.05) is 13.6 Å². The van der Waals surface area contributed by atoms with E-state index in [2.05, 4.69) is 0 Å². The minimum atomic E-state index is -0.819. The average molecular weight is 292 g/mol. The van der Waals surface area contributed by atoms with Gasteiger partial charge in [0.05, 0.1) is 10.5 Å². The van der Waals surface area contributed by atoms with E-state index < -0.39 is 10.5 Å². The van der Waals surface area contributed by atoms with Crippen LogP contribution in [0.1, 0.15) is 41.6 Å². The summed E-state index contributed by atoms with van der Waals surface area (Å²) >= 11 is 0. The van der Waals surface area contributed by atoms with Crippen molar-refractivity contribution in [2.45, 2.75) is 38.2 Å². The van der Waals surface area contributed by atoms with Gasteiger partial charge < -0.3 is 10.0 Å². The fourth-order valence-electron chi connectivity index (χ4n) is 2.92. The molecule has 114 valence electrons. The molecule has 0 aliphatic heterocycles. The van der Waals surface area contributed by atoms with Crippen molar-refractivity contribution >= 4 is 11.6 Å². The van der Waals surface area contributed by atoms with Gasteiger partial charge in [-0.3, -0.25) is 14.9 Å². The van der Waals surface area contributed by atoms with Crippen LogP contribution in [-0.4, -0.2) is 40.0 Å². The third-order valence-corrected chi connectivity index (χ3v) is 3.93. The zero-order valence-electron chi connectivity index (χ0n) is 12.3. The van der Waals surface area contributed by atoms with Crippen molar-refractivity contribution in [3.05, 3.63) is 39.4 Å². The quantitative estimate of drug-likeness (QED) is 0.681. The summed E-state index contributed by atoms with van der Waals surface area (Å²) in [5.74, 6) is -0.304. The Morgan fingerprint density at radius 1 is 1.38 bits per heavy atom.